The van der Waals surface area contributed by atoms with E-state index in [9.17, 15) is 4.79 Å². The smallest absolute Gasteiger partial charge is 0.345 e. The lowest BCUT2D eigenvalue weighted by Gasteiger charge is -2.42. The molecule has 0 unspecified atom stereocenters. The largest absolute Gasteiger partial charge is 0.382 e. The van der Waals surface area contributed by atoms with E-state index >= 15 is 0 Å². The van der Waals surface area contributed by atoms with Crippen LogP contribution in [0.3, 0.4) is 0 Å². The Morgan fingerprint density at radius 1 is 1.38 bits per heavy atom. The van der Waals surface area contributed by atoms with Gasteiger partial charge in [-0.05, 0) is 26.3 Å². The van der Waals surface area contributed by atoms with Gasteiger partial charge in [0.25, 0.3) is 0 Å². The molecular weight excluding hydrogens is 268 g/mol. The highest BCUT2D eigenvalue weighted by molar-refractivity contribution is 5.78. The van der Waals surface area contributed by atoms with E-state index < -0.39 is 0 Å². The number of nitrogens with one attached hydrogen (secondary N) is 1. The number of rotatable bonds is 0. The zero-order valence-corrected chi connectivity index (χ0v) is 12.4. The fourth-order valence-corrected chi connectivity index (χ4v) is 3.92. The Balaban J connectivity index is 1.61. The third kappa shape index (κ3) is 1.95. The zero-order chi connectivity index (χ0) is 14.6. The summed E-state index contributed by atoms with van der Waals surface area (Å²) in [7, 11) is 0. The third-order valence-corrected chi connectivity index (χ3v) is 5.08. The van der Waals surface area contributed by atoms with Crippen LogP contribution in [0, 0.1) is 0 Å². The first-order valence-electron chi connectivity index (χ1n) is 7.77. The Bertz CT molecular complexity index is 582. The first kappa shape index (κ1) is 13.1. The SMILES string of the molecule is C[C@H]1CN2CCC[C@H]2CN1C(=O)n1nc(N)c2c1CNC2. The lowest BCUT2D eigenvalue weighted by Crippen LogP contribution is -2.57. The molecule has 2 saturated heterocycles. The Morgan fingerprint density at radius 2 is 2.24 bits per heavy atom. The van der Waals surface area contributed by atoms with E-state index in [0.717, 1.165) is 24.3 Å². The van der Waals surface area contributed by atoms with E-state index in [1.54, 1.807) is 0 Å². The van der Waals surface area contributed by atoms with Gasteiger partial charge in [0, 0.05) is 43.8 Å². The number of fused-ring (bicyclic) bond motifs is 2. The molecule has 0 aliphatic carbocycles. The molecule has 1 amide bonds. The lowest BCUT2D eigenvalue weighted by atomic mass is 10.1. The molecule has 3 N–H and O–H groups in total. The fourth-order valence-electron chi connectivity index (χ4n) is 3.92. The minimum atomic E-state index is -0.0225. The summed E-state index contributed by atoms with van der Waals surface area (Å²) < 4.78 is 1.52. The summed E-state index contributed by atoms with van der Waals surface area (Å²) in [6.07, 6.45) is 2.44. The van der Waals surface area contributed by atoms with Crippen LogP contribution in [0.5, 0.6) is 0 Å². The van der Waals surface area contributed by atoms with Crippen molar-refractivity contribution in [2.24, 2.45) is 0 Å². The van der Waals surface area contributed by atoms with E-state index in [1.165, 1.54) is 24.1 Å². The van der Waals surface area contributed by atoms with Crippen molar-refractivity contribution in [2.45, 2.75) is 44.9 Å². The molecule has 1 aromatic rings. The summed E-state index contributed by atoms with van der Waals surface area (Å²) in [4.78, 5) is 17.4. The monoisotopic (exact) mass is 290 g/mol. The number of nitrogens with two attached hydrogens (primary N) is 1. The van der Waals surface area contributed by atoms with E-state index in [0.29, 0.717) is 24.9 Å². The number of nitrogens with zero attached hydrogens (tertiary/aromatic N) is 4. The van der Waals surface area contributed by atoms with Crippen molar-refractivity contribution >= 4 is 11.8 Å². The quantitative estimate of drug-likeness (QED) is 0.714. The zero-order valence-electron chi connectivity index (χ0n) is 12.4. The molecule has 2 atom stereocenters. The van der Waals surface area contributed by atoms with Gasteiger partial charge >= 0.3 is 6.03 Å². The summed E-state index contributed by atoms with van der Waals surface area (Å²) in [6.45, 7) is 6.45. The first-order valence-corrected chi connectivity index (χ1v) is 7.77. The number of piperazine rings is 1. The molecule has 4 heterocycles. The van der Waals surface area contributed by atoms with Gasteiger partial charge in [-0.2, -0.15) is 4.68 Å². The van der Waals surface area contributed by atoms with Crippen molar-refractivity contribution in [3.63, 3.8) is 0 Å². The van der Waals surface area contributed by atoms with Gasteiger partial charge in [0.15, 0.2) is 5.82 Å². The number of hydrogen-bond acceptors (Lipinski definition) is 5. The topological polar surface area (TPSA) is 79.4 Å². The maximum atomic E-state index is 12.9. The van der Waals surface area contributed by atoms with Crippen molar-refractivity contribution in [1.82, 2.24) is 24.9 Å². The number of anilines is 1. The highest BCUT2D eigenvalue weighted by Gasteiger charge is 2.38. The van der Waals surface area contributed by atoms with Crippen molar-refractivity contribution < 1.29 is 4.79 Å². The average Bonchev–Trinajstić information content (AvgIpc) is 3.15. The van der Waals surface area contributed by atoms with E-state index in [4.69, 9.17) is 5.73 Å². The van der Waals surface area contributed by atoms with Crippen LogP contribution in [-0.4, -0.2) is 57.3 Å². The summed E-state index contributed by atoms with van der Waals surface area (Å²) >= 11 is 0. The second kappa shape index (κ2) is 4.71. The van der Waals surface area contributed by atoms with Crippen LogP contribution in [0.2, 0.25) is 0 Å². The Kier molecular flexibility index (Phi) is 2.93. The summed E-state index contributed by atoms with van der Waals surface area (Å²) in [5.41, 5.74) is 7.84. The highest BCUT2D eigenvalue weighted by Crippen LogP contribution is 2.27. The van der Waals surface area contributed by atoms with Crippen molar-refractivity contribution in [3.8, 4) is 0 Å². The van der Waals surface area contributed by atoms with Gasteiger partial charge in [0.05, 0.1) is 5.69 Å². The predicted molar refractivity (Wildman–Crippen MR) is 78.7 cm³/mol. The minimum Gasteiger partial charge on any atom is -0.382 e. The van der Waals surface area contributed by atoms with Crippen LogP contribution in [0.4, 0.5) is 10.6 Å². The number of nitrogen functional groups attached to an aromatic ring is 1. The molecule has 21 heavy (non-hydrogen) atoms. The van der Waals surface area contributed by atoms with Crippen molar-refractivity contribution in [1.29, 1.82) is 0 Å². The molecular formula is C14H22N6O. The summed E-state index contributed by atoms with van der Waals surface area (Å²) in [6, 6.07) is 0.720. The molecule has 3 aliphatic rings. The second-order valence-corrected chi connectivity index (χ2v) is 6.40. The molecule has 1 aromatic heterocycles. The third-order valence-electron chi connectivity index (χ3n) is 5.08. The molecule has 7 nitrogen and oxygen atoms in total. The average molecular weight is 290 g/mol. The molecule has 114 valence electrons. The predicted octanol–water partition coefficient (Wildman–Crippen LogP) is 0.205. The van der Waals surface area contributed by atoms with E-state index in [-0.39, 0.29) is 12.1 Å². The van der Waals surface area contributed by atoms with Crippen molar-refractivity contribution in [2.75, 3.05) is 25.4 Å². The first-order chi connectivity index (χ1) is 10.1. The van der Waals surface area contributed by atoms with Gasteiger partial charge in [-0.3, -0.25) is 4.90 Å². The van der Waals surface area contributed by atoms with Crippen LogP contribution in [-0.2, 0) is 13.1 Å². The minimum absolute atomic E-state index is 0.0225. The number of amides is 1. The maximum Gasteiger partial charge on any atom is 0.345 e. The van der Waals surface area contributed by atoms with Gasteiger partial charge in [0.1, 0.15) is 0 Å². The molecule has 3 aliphatic heterocycles. The van der Waals surface area contributed by atoms with Gasteiger partial charge in [-0.1, -0.05) is 0 Å². The molecule has 0 radical (unpaired) electrons. The second-order valence-electron chi connectivity index (χ2n) is 6.40. The standard InChI is InChI=1S/C14H22N6O/c1-9-7-18-4-2-3-10(18)8-19(9)14(21)20-12-6-16-5-11(12)13(15)17-20/h9-10,16H,2-8H2,1H3,(H2,15,17)/t9-,10-/m0/s1. The lowest BCUT2D eigenvalue weighted by molar-refractivity contribution is 0.0795. The van der Waals surface area contributed by atoms with Crippen LogP contribution in [0.25, 0.3) is 0 Å². The van der Waals surface area contributed by atoms with Crippen LogP contribution in [0.1, 0.15) is 31.0 Å². The van der Waals surface area contributed by atoms with Crippen LogP contribution in [0.15, 0.2) is 0 Å². The van der Waals surface area contributed by atoms with Gasteiger partial charge < -0.3 is 16.0 Å². The molecule has 2 fully saturated rings. The summed E-state index contributed by atoms with van der Waals surface area (Å²) in [5, 5.41) is 7.51. The van der Waals surface area contributed by atoms with E-state index in [2.05, 4.69) is 22.2 Å². The molecule has 4 rings (SSSR count). The number of carbonyl (C=O) groups is 1. The highest BCUT2D eigenvalue weighted by atomic mass is 16.2. The Morgan fingerprint density at radius 3 is 3.10 bits per heavy atom. The number of carbonyl (C=O) groups excluding carboxylic acids is 1. The fraction of sp³-hybridized carbons (Fsp3) is 0.714. The van der Waals surface area contributed by atoms with Gasteiger partial charge in [-0.15, -0.1) is 5.10 Å². The van der Waals surface area contributed by atoms with Gasteiger partial charge in [0.2, 0.25) is 0 Å². The Hall–Kier alpha value is -1.60. The molecule has 0 aromatic carbocycles. The maximum absolute atomic E-state index is 12.9. The molecule has 0 spiro atoms. The number of hydrogen-bond donors (Lipinski definition) is 2. The van der Waals surface area contributed by atoms with Crippen LogP contribution < -0.4 is 11.1 Å². The van der Waals surface area contributed by atoms with Gasteiger partial charge in [-0.25, -0.2) is 4.79 Å². The molecule has 0 bridgehead atoms. The normalized spacial score (nSPS) is 28.7. The Labute approximate surface area is 124 Å². The number of aromatic nitrogens is 2. The van der Waals surface area contributed by atoms with E-state index in [1.807, 2.05) is 4.90 Å². The van der Waals surface area contributed by atoms with Crippen LogP contribution >= 0.6 is 0 Å². The molecule has 0 saturated carbocycles. The molecule has 7 heteroatoms. The van der Waals surface area contributed by atoms with Crippen molar-refractivity contribution in [3.05, 3.63) is 11.3 Å². The summed E-state index contributed by atoms with van der Waals surface area (Å²) in [5.74, 6) is 0.482.